The van der Waals surface area contributed by atoms with Gasteiger partial charge in [0.25, 0.3) is 5.91 Å². The SMILES string of the molecule is Cc1ccccc1[C@H](C)NC(=O)c1ccc(C(F)(F)F)cn1. The van der Waals surface area contributed by atoms with Gasteiger partial charge in [-0.3, -0.25) is 9.78 Å². The second kappa shape index (κ2) is 6.17. The molecule has 0 aliphatic heterocycles. The van der Waals surface area contributed by atoms with Crippen LogP contribution < -0.4 is 5.32 Å². The molecule has 6 heteroatoms. The van der Waals surface area contributed by atoms with Gasteiger partial charge >= 0.3 is 6.18 Å². The van der Waals surface area contributed by atoms with Gasteiger partial charge in [0.05, 0.1) is 11.6 Å². The molecule has 0 spiro atoms. The summed E-state index contributed by atoms with van der Waals surface area (Å²) in [6, 6.07) is 9.22. The fourth-order valence-corrected chi connectivity index (χ4v) is 2.12. The van der Waals surface area contributed by atoms with Crippen LogP contribution in [-0.4, -0.2) is 10.9 Å². The highest BCUT2D eigenvalue weighted by Crippen LogP contribution is 2.28. The Hall–Kier alpha value is -2.37. The number of nitrogens with one attached hydrogen (secondary N) is 1. The van der Waals surface area contributed by atoms with Crippen molar-refractivity contribution < 1.29 is 18.0 Å². The van der Waals surface area contributed by atoms with Crippen molar-refractivity contribution in [3.05, 3.63) is 65.0 Å². The molecule has 0 aliphatic rings. The Kier molecular flexibility index (Phi) is 4.49. The largest absolute Gasteiger partial charge is 0.417 e. The van der Waals surface area contributed by atoms with E-state index in [0.717, 1.165) is 23.3 Å². The lowest BCUT2D eigenvalue weighted by Gasteiger charge is -2.16. The number of hydrogen-bond donors (Lipinski definition) is 1. The summed E-state index contributed by atoms with van der Waals surface area (Å²) in [7, 11) is 0. The maximum absolute atomic E-state index is 12.5. The summed E-state index contributed by atoms with van der Waals surface area (Å²) in [6.07, 6.45) is -3.80. The summed E-state index contributed by atoms with van der Waals surface area (Å²) in [6.45, 7) is 3.73. The molecule has 0 radical (unpaired) electrons. The minimum absolute atomic E-state index is 0.0477. The maximum Gasteiger partial charge on any atom is 0.417 e. The molecule has 0 aliphatic carbocycles. The number of alkyl halides is 3. The average molecular weight is 308 g/mol. The minimum atomic E-state index is -4.46. The molecule has 1 atom stereocenters. The van der Waals surface area contributed by atoms with Crippen LogP contribution in [0.3, 0.4) is 0 Å². The van der Waals surface area contributed by atoms with E-state index in [-0.39, 0.29) is 11.7 Å². The Bertz CT molecular complexity index is 666. The van der Waals surface area contributed by atoms with Crippen LogP contribution >= 0.6 is 0 Å². The molecule has 0 fully saturated rings. The molecular weight excluding hydrogens is 293 g/mol. The number of aromatic nitrogens is 1. The third-order valence-electron chi connectivity index (χ3n) is 3.33. The molecule has 1 N–H and O–H groups in total. The molecule has 1 heterocycles. The number of pyridine rings is 1. The number of nitrogens with zero attached hydrogens (tertiary/aromatic N) is 1. The van der Waals surface area contributed by atoms with Crippen molar-refractivity contribution in [1.82, 2.24) is 10.3 Å². The summed E-state index contributed by atoms with van der Waals surface area (Å²) < 4.78 is 37.4. The molecule has 3 nitrogen and oxygen atoms in total. The Labute approximate surface area is 126 Å². The molecule has 1 aromatic carbocycles. The standard InChI is InChI=1S/C16H15F3N2O/c1-10-5-3-4-6-13(10)11(2)21-15(22)14-8-7-12(9-20-14)16(17,18)19/h3-9,11H,1-2H3,(H,21,22)/t11-/m0/s1. The molecular formula is C16H15F3N2O. The molecule has 0 saturated heterocycles. The fraction of sp³-hybridized carbons (Fsp3) is 0.250. The maximum atomic E-state index is 12.5. The Morgan fingerprint density at radius 3 is 2.41 bits per heavy atom. The van der Waals surface area contributed by atoms with Crippen molar-refractivity contribution in [1.29, 1.82) is 0 Å². The van der Waals surface area contributed by atoms with E-state index in [9.17, 15) is 18.0 Å². The summed E-state index contributed by atoms with van der Waals surface area (Å²) in [5, 5.41) is 2.73. The molecule has 2 rings (SSSR count). The third-order valence-corrected chi connectivity index (χ3v) is 3.33. The van der Waals surface area contributed by atoms with E-state index in [1.54, 1.807) is 0 Å². The molecule has 1 amide bonds. The van der Waals surface area contributed by atoms with E-state index >= 15 is 0 Å². The van der Waals surface area contributed by atoms with Crippen molar-refractivity contribution in [2.75, 3.05) is 0 Å². The first kappa shape index (κ1) is 16.0. The van der Waals surface area contributed by atoms with Crippen molar-refractivity contribution in [3.8, 4) is 0 Å². The van der Waals surface area contributed by atoms with Crippen LogP contribution in [-0.2, 0) is 6.18 Å². The molecule has 2 aromatic rings. The van der Waals surface area contributed by atoms with Crippen LogP contribution in [0.1, 0.15) is 40.1 Å². The highest BCUT2D eigenvalue weighted by Gasteiger charge is 2.31. The second-order valence-electron chi connectivity index (χ2n) is 4.98. The zero-order chi connectivity index (χ0) is 16.3. The summed E-state index contributed by atoms with van der Waals surface area (Å²) >= 11 is 0. The van der Waals surface area contributed by atoms with Gasteiger partial charge in [-0.2, -0.15) is 13.2 Å². The lowest BCUT2D eigenvalue weighted by molar-refractivity contribution is -0.137. The van der Waals surface area contributed by atoms with Crippen LogP contribution in [0.5, 0.6) is 0 Å². The van der Waals surface area contributed by atoms with Gasteiger partial charge < -0.3 is 5.32 Å². The van der Waals surface area contributed by atoms with Crippen molar-refractivity contribution in [3.63, 3.8) is 0 Å². The van der Waals surface area contributed by atoms with Gasteiger partial charge in [0.2, 0.25) is 0 Å². The van der Waals surface area contributed by atoms with Crippen molar-refractivity contribution in [2.45, 2.75) is 26.1 Å². The zero-order valence-electron chi connectivity index (χ0n) is 12.1. The Morgan fingerprint density at radius 2 is 1.86 bits per heavy atom. The molecule has 116 valence electrons. The lowest BCUT2D eigenvalue weighted by Crippen LogP contribution is -2.28. The van der Waals surface area contributed by atoms with Gasteiger partial charge in [0.15, 0.2) is 0 Å². The van der Waals surface area contributed by atoms with Gasteiger partial charge in [-0.15, -0.1) is 0 Å². The van der Waals surface area contributed by atoms with Crippen LogP contribution in [0.15, 0.2) is 42.6 Å². The number of amides is 1. The van der Waals surface area contributed by atoms with Crippen molar-refractivity contribution >= 4 is 5.91 Å². The van der Waals surface area contributed by atoms with E-state index in [1.807, 2.05) is 38.1 Å². The second-order valence-corrected chi connectivity index (χ2v) is 4.98. The van der Waals surface area contributed by atoms with Crippen LogP contribution in [0.25, 0.3) is 0 Å². The minimum Gasteiger partial charge on any atom is -0.344 e. The predicted molar refractivity (Wildman–Crippen MR) is 76.3 cm³/mol. The lowest BCUT2D eigenvalue weighted by atomic mass is 10.0. The third kappa shape index (κ3) is 3.63. The summed E-state index contributed by atoms with van der Waals surface area (Å²) in [5.74, 6) is -0.510. The normalized spacial score (nSPS) is 12.8. The first-order chi connectivity index (χ1) is 10.3. The number of carbonyl (C=O) groups excluding carboxylic acids is 1. The molecule has 0 saturated carbocycles. The predicted octanol–water partition coefficient (Wildman–Crippen LogP) is 3.90. The number of aryl methyl sites for hydroxylation is 1. The molecule has 1 aromatic heterocycles. The van der Waals surface area contributed by atoms with E-state index in [0.29, 0.717) is 6.20 Å². The number of carbonyl (C=O) groups is 1. The van der Waals surface area contributed by atoms with Crippen LogP contribution in [0.4, 0.5) is 13.2 Å². The van der Waals surface area contributed by atoms with Gasteiger partial charge in [-0.05, 0) is 37.1 Å². The summed E-state index contributed by atoms with van der Waals surface area (Å²) in [5.41, 5.74) is 1.04. The van der Waals surface area contributed by atoms with Gasteiger partial charge in [0.1, 0.15) is 5.69 Å². The smallest absolute Gasteiger partial charge is 0.344 e. The average Bonchev–Trinajstić information content (AvgIpc) is 2.46. The van der Waals surface area contributed by atoms with Crippen LogP contribution in [0, 0.1) is 6.92 Å². The van der Waals surface area contributed by atoms with E-state index < -0.39 is 17.6 Å². The monoisotopic (exact) mass is 308 g/mol. The highest BCUT2D eigenvalue weighted by atomic mass is 19.4. The van der Waals surface area contributed by atoms with E-state index in [4.69, 9.17) is 0 Å². The van der Waals surface area contributed by atoms with Crippen molar-refractivity contribution in [2.24, 2.45) is 0 Å². The zero-order valence-corrected chi connectivity index (χ0v) is 12.1. The molecule has 0 unspecified atom stereocenters. The number of halogens is 3. The first-order valence-corrected chi connectivity index (χ1v) is 6.68. The molecule has 0 bridgehead atoms. The quantitative estimate of drug-likeness (QED) is 0.934. The van der Waals surface area contributed by atoms with E-state index in [2.05, 4.69) is 10.3 Å². The number of benzene rings is 1. The van der Waals surface area contributed by atoms with Gasteiger partial charge in [-0.1, -0.05) is 24.3 Å². The Balaban J connectivity index is 2.11. The number of hydrogen-bond acceptors (Lipinski definition) is 2. The Morgan fingerprint density at radius 1 is 1.18 bits per heavy atom. The van der Waals surface area contributed by atoms with E-state index in [1.165, 1.54) is 0 Å². The first-order valence-electron chi connectivity index (χ1n) is 6.68. The number of rotatable bonds is 3. The highest BCUT2D eigenvalue weighted by molar-refractivity contribution is 5.92. The van der Waals surface area contributed by atoms with Gasteiger partial charge in [0, 0.05) is 6.20 Å². The fourth-order valence-electron chi connectivity index (χ4n) is 2.12. The molecule has 22 heavy (non-hydrogen) atoms. The van der Waals surface area contributed by atoms with Gasteiger partial charge in [-0.25, -0.2) is 0 Å². The topological polar surface area (TPSA) is 42.0 Å². The van der Waals surface area contributed by atoms with Crippen LogP contribution in [0.2, 0.25) is 0 Å². The summed E-state index contributed by atoms with van der Waals surface area (Å²) in [4.78, 5) is 15.6.